The van der Waals surface area contributed by atoms with Crippen molar-refractivity contribution in [3.63, 3.8) is 0 Å². The van der Waals surface area contributed by atoms with E-state index in [2.05, 4.69) is 0 Å². The van der Waals surface area contributed by atoms with Crippen molar-refractivity contribution in [2.75, 3.05) is 0 Å². The standard InChI is InChI=1S/C14H10O10S2/c15-13(16)8-6-9(14(17)18)11(25(19,20)21)12(26(22,23)24)10(8)7-4-2-1-3-5-7/h1-6H,(H,15,16)(H,17,18)(H,19,20,21)(H,22,23,24). The van der Waals surface area contributed by atoms with Crippen LogP contribution in [0.3, 0.4) is 0 Å². The zero-order valence-corrected chi connectivity index (χ0v) is 14.2. The first kappa shape index (κ1) is 19.5. The predicted molar refractivity (Wildman–Crippen MR) is 85.4 cm³/mol. The Morgan fingerprint density at radius 3 is 1.58 bits per heavy atom. The first-order chi connectivity index (χ1) is 11.9. The van der Waals surface area contributed by atoms with E-state index < -0.39 is 58.7 Å². The highest BCUT2D eigenvalue weighted by molar-refractivity contribution is 7.89. The Morgan fingerprint density at radius 1 is 0.731 bits per heavy atom. The van der Waals surface area contributed by atoms with Crippen LogP contribution in [0.5, 0.6) is 0 Å². The van der Waals surface area contributed by atoms with Gasteiger partial charge in [0.25, 0.3) is 20.2 Å². The highest BCUT2D eigenvalue weighted by atomic mass is 32.2. The van der Waals surface area contributed by atoms with E-state index in [0.29, 0.717) is 6.07 Å². The lowest BCUT2D eigenvalue weighted by atomic mass is 9.97. The zero-order valence-electron chi connectivity index (χ0n) is 12.5. The van der Waals surface area contributed by atoms with E-state index in [-0.39, 0.29) is 5.56 Å². The van der Waals surface area contributed by atoms with Crippen LogP contribution >= 0.6 is 0 Å². The van der Waals surface area contributed by atoms with E-state index in [1.807, 2.05) is 0 Å². The summed E-state index contributed by atoms with van der Waals surface area (Å²) in [7, 11) is -11.0. The van der Waals surface area contributed by atoms with Crippen molar-refractivity contribution in [3.8, 4) is 11.1 Å². The Bertz CT molecular complexity index is 1120. The zero-order chi connectivity index (χ0) is 19.9. The number of benzene rings is 2. The van der Waals surface area contributed by atoms with Crippen LogP contribution in [0.15, 0.2) is 46.2 Å². The van der Waals surface area contributed by atoms with E-state index in [1.54, 1.807) is 0 Å². The lowest BCUT2D eigenvalue weighted by Crippen LogP contribution is -2.18. The first-order valence-corrected chi connectivity index (χ1v) is 9.41. The molecule has 0 atom stereocenters. The van der Waals surface area contributed by atoms with Crippen LogP contribution in [0.4, 0.5) is 0 Å². The van der Waals surface area contributed by atoms with Crippen LogP contribution in [0.2, 0.25) is 0 Å². The lowest BCUT2D eigenvalue weighted by molar-refractivity contribution is 0.0691. The molecule has 0 fully saturated rings. The van der Waals surface area contributed by atoms with Crippen LogP contribution in [0, 0.1) is 0 Å². The van der Waals surface area contributed by atoms with Gasteiger partial charge >= 0.3 is 11.9 Å². The van der Waals surface area contributed by atoms with Gasteiger partial charge in [-0.05, 0) is 11.6 Å². The second kappa shape index (κ2) is 6.49. The Kier molecular flexibility index (Phi) is 4.88. The van der Waals surface area contributed by atoms with Gasteiger partial charge in [-0.2, -0.15) is 16.8 Å². The maximum absolute atomic E-state index is 11.8. The molecule has 0 amide bonds. The molecule has 0 unspecified atom stereocenters. The monoisotopic (exact) mass is 402 g/mol. The van der Waals surface area contributed by atoms with Gasteiger partial charge in [0, 0.05) is 5.56 Å². The third-order valence-electron chi connectivity index (χ3n) is 3.28. The van der Waals surface area contributed by atoms with Crippen molar-refractivity contribution >= 4 is 32.2 Å². The number of aromatic carboxylic acids is 2. The molecular weight excluding hydrogens is 392 g/mol. The smallest absolute Gasteiger partial charge is 0.337 e. The summed E-state index contributed by atoms with van der Waals surface area (Å²) in [6.45, 7) is 0. The minimum atomic E-state index is -5.48. The summed E-state index contributed by atoms with van der Waals surface area (Å²) in [6.07, 6.45) is 0. The number of rotatable bonds is 5. The van der Waals surface area contributed by atoms with E-state index >= 15 is 0 Å². The number of carboxylic acid groups (broad SMARTS) is 2. The number of carboxylic acids is 2. The third kappa shape index (κ3) is 3.57. The molecule has 2 aromatic carbocycles. The van der Waals surface area contributed by atoms with Crippen LogP contribution in [0.1, 0.15) is 20.7 Å². The van der Waals surface area contributed by atoms with Gasteiger partial charge in [-0.15, -0.1) is 0 Å². The normalized spacial score (nSPS) is 11.9. The van der Waals surface area contributed by atoms with Gasteiger partial charge in [-0.25, -0.2) is 9.59 Å². The van der Waals surface area contributed by atoms with Gasteiger partial charge in [0.2, 0.25) is 0 Å². The van der Waals surface area contributed by atoms with Gasteiger partial charge in [0.1, 0.15) is 9.79 Å². The molecule has 138 valence electrons. The summed E-state index contributed by atoms with van der Waals surface area (Å²) in [5.41, 5.74) is -3.14. The molecule has 26 heavy (non-hydrogen) atoms. The molecule has 0 aliphatic rings. The third-order valence-corrected chi connectivity index (χ3v) is 5.27. The fraction of sp³-hybridized carbons (Fsp3) is 0. The summed E-state index contributed by atoms with van der Waals surface area (Å²) < 4.78 is 65.8. The molecule has 0 aromatic heterocycles. The Balaban J connectivity index is 3.28. The Hall–Kier alpha value is -2.80. The molecule has 4 N–H and O–H groups in total. The lowest BCUT2D eigenvalue weighted by Gasteiger charge is -2.16. The highest BCUT2D eigenvalue weighted by Gasteiger charge is 2.36. The number of hydrogen-bond donors (Lipinski definition) is 4. The highest BCUT2D eigenvalue weighted by Crippen LogP contribution is 2.38. The maximum Gasteiger partial charge on any atom is 0.337 e. The van der Waals surface area contributed by atoms with Gasteiger partial charge < -0.3 is 10.2 Å². The SMILES string of the molecule is O=C(O)c1cc(C(=O)O)c(S(=O)(=O)O)c(S(=O)(=O)O)c1-c1ccccc1. The average Bonchev–Trinajstić information content (AvgIpc) is 2.51. The van der Waals surface area contributed by atoms with E-state index in [9.17, 15) is 40.6 Å². The molecule has 0 aliphatic heterocycles. The second-order valence-corrected chi connectivity index (χ2v) is 7.65. The average molecular weight is 402 g/mol. The largest absolute Gasteiger partial charge is 0.478 e. The molecule has 0 bridgehead atoms. The van der Waals surface area contributed by atoms with E-state index in [4.69, 9.17) is 5.11 Å². The predicted octanol–water partition coefficient (Wildman–Crippen LogP) is 1.24. The van der Waals surface area contributed by atoms with Crippen LogP contribution in [0.25, 0.3) is 11.1 Å². The van der Waals surface area contributed by atoms with Crippen molar-refractivity contribution in [2.45, 2.75) is 9.79 Å². The molecule has 2 rings (SSSR count). The molecule has 12 heteroatoms. The maximum atomic E-state index is 11.8. The minimum absolute atomic E-state index is 0.139. The van der Waals surface area contributed by atoms with Crippen molar-refractivity contribution in [2.24, 2.45) is 0 Å². The summed E-state index contributed by atoms with van der Waals surface area (Å²) in [4.78, 5) is 19.7. The first-order valence-electron chi connectivity index (χ1n) is 6.53. The van der Waals surface area contributed by atoms with E-state index in [0.717, 1.165) is 0 Å². The minimum Gasteiger partial charge on any atom is -0.478 e. The van der Waals surface area contributed by atoms with Gasteiger partial charge in [0.05, 0.1) is 11.1 Å². The van der Waals surface area contributed by atoms with Crippen LogP contribution < -0.4 is 0 Å². The van der Waals surface area contributed by atoms with Crippen molar-refractivity contribution < 1.29 is 45.7 Å². The van der Waals surface area contributed by atoms with Crippen molar-refractivity contribution in [1.82, 2.24) is 0 Å². The fourth-order valence-corrected chi connectivity index (χ4v) is 4.58. The molecule has 2 aromatic rings. The molecule has 0 radical (unpaired) electrons. The van der Waals surface area contributed by atoms with Crippen molar-refractivity contribution in [3.05, 3.63) is 47.5 Å². The van der Waals surface area contributed by atoms with E-state index in [1.165, 1.54) is 30.3 Å². The molecule has 0 saturated carbocycles. The summed E-state index contributed by atoms with van der Waals surface area (Å²) in [5, 5.41) is 18.5. The topological polar surface area (TPSA) is 183 Å². The molecular formula is C14H10O10S2. The Morgan fingerprint density at radius 2 is 1.19 bits per heavy atom. The summed E-state index contributed by atoms with van der Waals surface area (Å²) >= 11 is 0. The summed E-state index contributed by atoms with van der Waals surface area (Å²) in [5.74, 6) is -3.80. The molecule has 0 aliphatic carbocycles. The van der Waals surface area contributed by atoms with Crippen molar-refractivity contribution in [1.29, 1.82) is 0 Å². The molecule has 0 heterocycles. The molecule has 0 spiro atoms. The van der Waals surface area contributed by atoms with Gasteiger partial charge in [0.15, 0.2) is 0 Å². The van der Waals surface area contributed by atoms with Gasteiger partial charge in [-0.1, -0.05) is 30.3 Å². The molecule has 10 nitrogen and oxygen atoms in total. The second-order valence-electron chi connectivity index (χ2n) is 4.93. The van der Waals surface area contributed by atoms with Crippen LogP contribution in [-0.2, 0) is 20.2 Å². The summed E-state index contributed by atoms with van der Waals surface area (Å²) in [6, 6.07) is 7.05. The van der Waals surface area contributed by atoms with Crippen LogP contribution in [-0.4, -0.2) is 48.1 Å². The Labute approximate surface area is 146 Å². The number of hydrogen-bond acceptors (Lipinski definition) is 6. The molecule has 0 saturated heterocycles. The fourth-order valence-electron chi connectivity index (χ4n) is 2.36. The quantitative estimate of drug-likeness (QED) is 0.531. The number of carbonyl (C=O) groups is 2. The van der Waals surface area contributed by atoms with Gasteiger partial charge in [-0.3, -0.25) is 9.11 Å².